The molecule has 1 N–H and O–H groups in total. The van der Waals surface area contributed by atoms with Crippen molar-refractivity contribution in [3.63, 3.8) is 0 Å². The first kappa shape index (κ1) is 15.0. The number of hydrogen-bond acceptors (Lipinski definition) is 2. The van der Waals surface area contributed by atoms with Gasteiger partial charge in [-0.2, -0.15) is 0 Å². The van der Waals surface area contributed by atoms with Crippen LogP contribution in [0.4, 0.5) is 5.69 Å². The van der Waals surface area contributed by atoms with Crippen molar-refractivity contribution >= 4 is 11.5 Å². The van der Waals surface area contributed by atoms with Crippen molar-refractivity contribution in [2.75, 3.05) is 11.9 Å². The van der Waals surface area contributed by atoms with E-state index in [-0.39, 0.29) is 11.7 Å². The number of hydrogen-bond donors (Lipinski definition) is 1. The summed E-state index contributed by atoms with van der Waals surface area (Å²) >= 11 is 0. The summed E-state index contributed by atoms with van der Waals surface area (Å²) in [5.41, 5.74) is 2.80. The van der Waals surface area contributed by atoms with Crippen LogP contribution in [0.25, 0.3) is 0 Å². The Labute approximate surface area is 136 Å². The van der Waals surface area contributed by atoms with Gasteiger partial charge in [0, 0.05) is 17.8 Å². The smallest absolute Gasteiger partial charge is 0.172 e. The highest BCUT2D eigenvalue weighted by atomic mass is 16.1. The second kappa shape index (κ2) is 7.41. The zero-order chi connectivity index (χ0) is 15.9. The van der Waals surface area contributed by atoms with Gasteiger partial charge in [0.05, 0.1) is 5.92 Å². The normalized spacial score (nSPS) is 11.7. The Morgan fingerprint density at radius 1 is 0.739 bits per heavy atom. The van der Waals surface area contributed by atoms with E-state index in [1.165, 1.54) is 0 Å². The van der Waals surface area contributed by atoms with Crippen LogP contribution in [-0.4, -0.2) is 12.3 Å². The minimum Gasteiger partial charge on any atom is -0.384 e. The predicted molar refractivity (Wildman–Crippen MR) is 94.9 cm³/mol. The number of carbonyl (C=O) groups excluding carboxylic acids is 1. The third kappa shape index (κ3) is 3.86. The maximum atomic E-state index is 12.9. The molecule has 23 heavy (non-hydrogen) atoms. The maximum Gasteiger partial charge on any atom is 0.172 e. The molecule has 0 bridgehead atoms. The van der Waals surface area contributed by atoms with E-state index in [0.29, 0.717) is 6.54 Å². The Hall–Kier alpha value is -2.87. The second-order valence-electron chi connectivity index (χ2n) is 5.44. The van der Waals surface area contributed by atoms with Crippen molar-refractivity contribution in [3.8, 4) is 0 Å². The number of ketones is 1. The molecule has 114 valence electrons. The lowest BCUT2D eigenvalue weighted by molar-refractivity contribution is 0.0964. The molecule has 3 aromatic rings. The van der Waals surface area contributed by atoms with Gasteiger partial charge in [0.25, 0.3) is 0 Å². The SMILES string of the molecule is O=C(c1ccccc1)C(CNc1ccccc1)c1ccccc1. The number of anilines is 1. The number of rotatable bonds is 6. The number of benzene rings is 3. The molecule has 0 aromatic heterocycles. The molecule has 2 nitrogen and oxygen atoms in total. The zero-order valence-electron chi connectivity index (χ0n) is 12.9. The molecule has 0 aliphatic rings. The highest BCUT2D eigenvalue weighted by Gasteiger charge is 2.21. The molecule has 3 rings (SSSR count). The molecule has 0 aliphatic carbocycles. The van der Waals surface area contributed by atoms with E-state index in [0.717, 1.165) is 16.8 Å². The average Bonchev–Trinajstić information content (AvgIpc) is 2.64. The Bertz CT molecular complexity index is 739. The van der Waals surface area contributed by atoms with Gasteiger partial charge in [-0.3, -0.25) is 4.79 Å². The molecular formula is C21H19NO. The predicted octanol–water partition coefficient (Wildman–Crippen LogP) is 4.77. The lowest BCUT2D eigenvalue weighted by atomic mass is 9.90. The quantitative estimate of drug-likeness (QED) is 0.665. The van der Waals surface area contributed by atoms with E-state index in [1.54, 1.807) is 0 Å². The summed E-state index contributed by atoms with van der Waals surface area (Å²) in [5.74, 6) is -0.0703. The van der Waals surface area contributed by atoms with Gasteiger partial charge >= 0.3 is 0 Å². The maximum absolute atomic E-state index is 12.9. The van der Waals surface area contributed by atoms with Crippen molar-refractivity contribution in [3.05, 3.63) is 102 Å². The van der Waals surface area contributed by atoms with Gasteiger partial charge in [0.15, 0.2) is 5.78 Å². The first-order chi connectivity index (χ1) is 11.3. The minimum atomic E-state index is -0.209. The van der Waals surface area contributed by atoms with Crippen molar-refractivity contribution in [2.45, 2.75) is 5.92 Å². The van der Waals surface area contributed by atoms with Gasteiger partial charge in [0.1, 0.15) is 0 Å². The van der Waals surface area contributed by atoms with Crippen LogP contribution in [0.5, 0.6) is 0 Å². The van der Waals surface area contributed by atoms with Crippen LogP contribution in [-0.2, 0) is 0 Å². The highest BCUT2D eigenvalue weighted by molar-refractivity contribution is 6.01. The molecule has 0 heterocycles. The number of Topliss-reactive ketones (excluding diaryl/α,β-unsaturated/α-hetero) is 1. The second-order valence-corrected chi connectivity index (χ2v) is 5.44. The summed E-state index contributed by atoms with van der Waals surface area (Å²) in [4.78, 5) is 12.9. The van der Waals surface area contributed by atoms with Crippen LogP contribution in [0.3, 0.4) is 0 Å². The molecule has 0 aliphatic heterocycles. The third-order valence-electron chi connectivity index (χ3n) is 3.86. The Morgan fingerprint density at radius 2 is 1.26 bits per heavy atom. The van der Waals surface area contributed by atoms with E-state index < -0.39 is 0 Å². The monoisotopic (exact) mass is 301 g/mol. The molecule has 0 fully saturated rings. The van der Waals surface area contributed by atoms with E-state index in [9.17, 15) is 4.79 Å². The Kier molecular flexibility index (Phi) is 4.85. The van der Waals surface area contributed by atoms with Crippen LogP contribution in [0.15, 0.2) is 91.0 Å². The molecule has 1 atom stereocenters. The average molecular weight is 301 g/mol. The highest BCUT2D eigenvalue weighted by Crippen LogP contribution is 2.22. The molecule has 3 aromatic carbocycles. The van der Waals surface area contributed by atoms with Crippen LogP contribution in [0.2, 0.25) is 0 Å². The molecule has 0 radical (unpaired) electrons. The van der Waals surface area contributed by atoms with Crippen molar-refractivity contribution < 1.29 is 4.79 Å². The first-order valence-corrected chi connectivity index (χ1v) is 7.78. The molecule has 0 spiro atoms. The van der Waals surface area contributed by atoms with Crippen LogP contribution >= 0.6 is 0 Å². The van der Waals surface area contributed by atoms with Gasteiger partial charge in [0.2, 0.25) is 0 Å². The summed E-state index contributed by atoms with van der Waals surface area (Å²) in [7, 11) is 0. The number of carbonyl (C=O) groups is 1. The zero-order valence-corrected chi connectivity index (χ0v) is 12.9. The largest absolute Gasteiger partial charge is 0.384 e. The Morgan fingerprint density at radius 3 is 1.87 bits per heavy atom. The standard InChI is InChI=1S/C21H19NO/c23-21(18-12-6-2-7-13-18)20(17-10-4-1-5-11-17)16-22-19-14-8-3-9-15-19/h1-15,20,22H,16H2. The van der Waals surface area contributed by atoms with E-state index >= 15 is 0 Å². The summed E-state index contributed by atoms with van der Waals surface area (Å²) in [6, 6.07) is 29.4. The Balaban J connectivity index is 1.84. The van der Waals surface area contributed by atoms with E-state index in [1.807, 2.05) is 91.0 Å². The minimum absolute atomic E-state index is 0.139. The fourth-order valence-electron chi connectivity index (χ4n) is 2.63. The van der Waals surface area contributed by atoms with Crippen molar-refractivity contribution in [1.82, 2.24) is 0 Å². The number of para-hydroxylation sites is 1. The molecule has 0 amide bonds. The van der Waals surface area contributed by atoms with Crippen LogP contribution in [0, 0.1) is 0 Å². The van der Waals surface area contributed by atoms with Gasteiger partial charge in [-0.15, -0.1) is 0 Å². The van der Waals surface area contributed by atoms with Gasteiger partial charge in [-0.05, 0) is 17.7 Å². The number of nitrogens with one attached hydrogen (secondary N) is 1. The molecule has 1 unspecified atom stereocenters. The van der Waals surface area contributed by atoms with Crippen molar-refractivity contribution in [1.29, 1.82) is 0 Å². The first-order valence-electron chi connectivity index (χ1n) is 7.78. The molecule has 2 heteroatoms. The van der Waals surface area contributed by atoms with Crippen LogP contribution in [0.1, 0.15) is 21.8 Å². The topological polar surface area (TPSA) is 29.1 Å². The molecule has 0 saturated carbocycles. The van der Waals surface area contributed by atoms with E-state index in [4.69, 9.17) is 0 Å². The lowest BCUT2D eigenvalue weighted by Crippen LogP contribution is -2.21. The lowest BCUT2D eigenvalue weighted by Gasteiger charge is -2.18. The van der Waals surface area contributed by atoms with E-state index in [2.05, 4.69) is 5.32 Å². The molecular weight excluding hydrogens is 282 g/mol. The van der Waals surface area contributed by atoms with Gasteiger partial charge in [-0.1, -0.05) is 78.9 Å². The summed E-state index contributed by atoms with van der Waals surface area (Å²) < 4.78 is 0. The molecule has 0 saturated heterocycles. The fraction of sp³-hybridized carbons (Fsp3) is 0.0952. The third-order valence-corrected chi connectivity index (χ3v) is 3.86. The van der Waals surface area contributed by atoms with Gasteiger partial charge < -0.3 is 5.32 Å². The van der Waals surface area contributed by atoms with Gasteiger partial charge in [-0.25, -0.2) is 0 Å². The summed E-state index contributed by atoms with van der Waals surface area (Å²) in [5, 5.41) is 3.37. The van der Waals surface area contributed by atoms with Crippen molar-refractivity contribution in [2.24, 2.45) is 0 Å². The van der Waals surface area contributed by atoms with Crippen LogP contribution < -0.4 is 5.32 Å². The summed E-state index contributed by atoms with van der Waals surface area (Å²) in [6.07, 6.45) is 0. The fourth-order valence-corrected chi connectivity index (χ4v) is 2.63. The summed E-state index contributed by atoms with van der Waals surface area (Å²) in [6.45, 7) is 0.571.